The highest BCUT2D eigenvalue weighted by molar-refractivity contribution is 6.57. The van der Waals surface area contributed by atoms with E-state index in [9.17, 15) is 9.90 Å². The Morgan fingerprint density at radius 1 is 1.22 bits per heavy atom. The van der Waals surface area contributed by atoms with E-state index in [-0.39, 0.29) is 23.4 Å². The van der Waals surface area contributed by atoms with E-state index in [0.717, 1.165) is 0 Å². The Morgan fingerprint density at radius 3 is 2.59 bits per heavy atom. The molecule has 0 aliphatic carbocycles. The lowest BCUT2D eigenvalue weighted by atomic mass is 10.0. The number of halogens is 3. The average molecular weight is 429 g/mol. The number of nitrogens with zero attached hydrogens (tertiary/aromatic N) is 1. The van der Waals surface area contributed by atoms with E-state index in [0.29, 0.717) is 27.5 Å². The molecule has 27 heavy (non-hydrogen) atoms. The van der Waals surface area contributed by atoms with Crippen LogP contribution in [-0.4, -0.2) is 23.4 Å². The number of carboxylic acids is 1. The van der Waals surface area contributed by atoms with Crippen LogP contribution in [0.15, 0.2) is 52.1 Å². The Hall–Kier alpha value is -2.21. The van der Waals surface area contributed by atoms with Crippen molar-refractivity contribution < 1.29 is 19.5 Å². The fraction of sp³-hybridized carbons (Fsp3) is 0.158. The minimum absolute atomic E-state index is 0.0919. The van der Waals surface area contributed by atoms with Crippen molar-refractivity contribution in [3.63, 3.8) is 0 Å². The number of carboxylic acid groups (broad SMARTS) is 1. The Balaban J connectivity index is 2.23. The Morgan fingerprint density at radius 2 is 1.96 bits per heavy atom. The topological polar surface area (TPSA) is 68.1 Å². The van der Waals surface area contributed by atoms with Gasteiger partial charge in [0.1, 0.15) is 23.5 Å². The van der Waals surface area contributed by atoms with Crippen molar-refractivity contribution in [3.05, 3.63) is 68.7 Å². The standard InChI is InChI=1S/C19H16Cl3NO4/c1-2-27-23-18(19(24)25)15-6-4-3-5-13(15)11-26-14-8-7-12(9-17(21)22)16(20)10-14/h3-10H,2,11H2,1H3,(H,24,25). The molecule has 0 heterocycles. The first-order chi connectivity index (χ1) is 12.9. The summed E-state index contributed by atoms with van der Waals surface area (Å²) in [5, 5.41) is 13.5. The quantitative estimate of drug-likeness (QED) is 0.444. The molecule has 142 valence electrons. The van der Waals surface area contributed by atoms with Crippen LogP contribution < -0.4 is 4.74 Å². The van der Waals surface area contributed by atoms with Gasteiger partial charge in [-0.15, -0.1) is 0 Å². The first kappa shape index (κ1) is 21.1. The van der Waals surface area contributed by atoms with Crippen molar-refractivity contribution in [1.29, 1.82) is 0 Å². The van der Waals surface area contributed by atoms with Crippen LogP contribution >= 0.6 is 34.8 Å². The third kappa shape index (κ3) is 6.17. The molecule has 2 aromatic carbocycles. The lowest BCUT2D eigenvalue weighted by molar-refractivity contribution is -0.129. The van der Waals surface area contributed by atoms with Crippen molar-refractivity contribution in [2.24, 2.45) is 5.16 Å². The summed E-state index contributed by atoms with van der Waals surface area (Å²) >= 11 is 17.5. The summed E-state index contributed by atoms with van der Waals surface area (Å²) in [6.45, 7) is 2.11. The largest absolute Gasteiger partial charge is 0.489 e. The average Bonchev–Trinajstić information content (AvgIpc) is 2.62. The van der Waals surface area contributed by atoms with E-state index in [2.05, 4.69) is 5.16 Å². The van der Waals surface area contributed by atoms with E-state index in [1.807, 2.05) is 0 Å². The van der Waals surface area contributed by atoms with Crippen LogP contribution in [0.25, 0.3) is 6.08 Å². The number of oxime groups is 1. The number of rotatable bonds is 8. The summed E-state index contributed by atoms with van der Waals surface area (Å²) in [4.78, 5) is 16.4. The minimum atomic E-state index is -1.19. The summed E-state index contributed by atoms with van der Waals surface area (Å²) in [7, 11) is 0. The maximum atomic E-state index is 11.5. The Kier molecular flexibility index (Phi) is 7.98. The van der Waals surface area contributed by atoms with Gasteiger partial charge in [0.05, 0.1) is 5.02 Å². The third-order valence-electron chi connectivity index (χ3n) is 3.39. The predicted molar refractivity (Wildman–Crippen MR) is 108 cm³/mol. The van der Waals surface area contributed by atoms with Crippen molar-refractivity contribution in [1.82, 2.24) is 0 Å². The second-order valence-electron chi connectivity index (χ2n) is 5.23. The molecular weight excluding hydrogens is 413 g/mol. The molecule has 0 atom stereocenters. The first-order valence-electron chi connectivity index (χ1n) is 7.89. The van der Waals surface area contributed by atoms with Gasteiger partial charge >= 0.3 is 5.97 Å². The fourth-order valence-corrected chi connectivity index (χ4v) is 2.66. The van der Waals surface area contributed by atoms with E-state index in [1.165, 1.54) is 6.08 Å². The summed E-state index contributed by atoms with van der Waals surface area (Å²) in [5.74, 6) is -0.677. The molecule has 0 unspecified atom stereocenters. The molecule has 0 bridgehead atoms. The highest BCUT2D eigenvalue weighted by atomic mass is 35.5. The van der Waals surface area contributed by atoms with Crippen LogP contribution in [-0.2, 0) is 16.2 Å². The number of ether oxygens (including phenoxy) is 1. The zero-order valence-electron chi connectivity index (χ0n) is 14.3. The number of hydrogen-bond donors (Lipinski definition) is 1. The van der Waals surface area contributed by atoms with E-state index in [4.69, 9.17) is 44.4 Å². The Labute approximate surface area is 171 Å². The van der Waals surface area contributed by atoms with E-state index < -0.39 is 5.97 Å². The second kappa shape index (κ2) is 10.2. The fourth-order valence-electron chi connectivity index (χ4n) is 2.20. The second-order valence-corrected chi connectivity index (χ2v) is 6.64. The van der Waals surface area contributed by atoms with Crippen molar-refractivity contribution in [3.8, 4) is 5.75 Å². The molecule has 0 radical (unpaired) electrons. The van der Waals surface area contributed by atoms with Gasteiger partial charge in [-0.2, -0.15) is 0 Å². The smallest absolute Gasteiger partial charge is 0.358 e. The summed E-state index contributed by atoms with van der Waals surface area (Å²) in [6, 6.07) is 12.0. The van der Waals surface area contributed by atoms with Gasteiger partial charge in [0.15, 0.2) is 5.71 Å². The van der Waals surface area contributed by atoms with Crippen molar-refractivity contribution in [2.45, 2.75) is 13.5 Å². The van der Waals surface area contributed by atoms with Gasteiger partial charge in [-0.3, -0.25) is 0 Å². The molecule has 0 spiro atoms. The lowest BCUT2D eigenvalue weighted by Crippen LogP contribution is -2.18. The van der Waals surface area contributed by atoms with Gasteiger partial charge in [-0.05, 0) is 42.3 Å². The van der Waals surface area contributed by atoms with Crippen LogP contribution in [0.4, 0.5) is 0 Å². The van der Waals surface area contributed by atoms with Crippen LogP contribution in [0.1, 0.15) is 23.6 Å². The maximum Gasteiger partial charge on any atom is 0.358 e. The van der Waals surface area contributed by atoms with Gasteiger partial charge in [-0.25, -0.2) is 4.79 Å². The molecule has 0 aromatic heterocycles. The highest BCUT2D eigenvalue weighted by Gasteiger charge is 2.17. The van der Waals surface area contributed by atoms with Crippen molar-refractivity contribution in [2.75, 3.05) is 6.61 Å². The molecule has 1 N–H and O–H groups in total. The van der Waals surface area contributed by atoms with Crippen LogP contribution in [0, 0.1) is 0 Å². The van der Waals surface area contributed by atoms with Gasteiger partial charge in [0, 0.05) is 5.56 Å². The van der Waals surface area contributed by atoms with Gasteiger partial charge in [0.25, 0.3) is 0 Å². The van der Waals surface area contributed by atoms with Gasteiger partial charge in [0.2, 0.25) is 0 Å². The number of aliphatic carboxylic acids is 1. The summed E-state index contributed by atoms with van der Waals surface area (Å²) < 4.78 is 5.84. The maximum absolute atomic E-state index is 11.5. The molecule has 2 aromatic rings. The van der Waals surface area contributed by atoms with E-state index >= 15 is 0 Å². The predicted octanol–water partition coefficient (Wildman–Crippen LogP) is 5.52. The molecule has 5 nitrogen and oxygen atoms in total. The number of hydrogen-bond acceptors (Lipinski definition) is 4. The monoisotopic (exact) mass is 427 g/mol. The third-order valence-corrected chi connectivity index (χ3v) is 3.94. The zero-order valence-corrected chi connectivity index (χ0v) is 16.6. The zero-order chi connectivity index (χ0) is 19.8. The molecule has 0 fully saturated rings. The van der Waals surface area contributed by atoms with Gasteiger partial charge < -0.3 is 14.7 Å². The summed E-state index contributed by atoms with van der Waals surface area (Å²) in [6.07, 6.45) is 1.52. The molecule has 0 saturated carbocycles. The molecule has 0 aliphatic heterocycles. The number of carbonyl (C=O) groups is 1. The normalized spacial score (nSPS) is 11.0. The molecular formula is C19H16Cl3NO4. The van der Waals surface area contributed by atoms with Crippen molar-refractivity contribution >= 4 is 52.6 Å². The molecule has 0 amide bonds. The van der Waals surface area contributed by atoms with E-state index in [1.54, 1.807) is 49.4 Å². The van der Waals surface area contributed by atoms with Crippen LogP contribution in [0.3, 0.4) is 0 Å². The lowest BCUT2D eigenvalue weighted by Gasteiger charge is -2.12. The highest BCUT2D eigenvalue weighted by Crippen LogP contribution is 2.27. The molecule has 2 rings (SSSR count). The van der Waals surface area contributed by atoms with Crippen LogP contribution in [0.5, 0.6) is 5.75 Å². The molecule has 0 saturated heterocycles. The van der Waals surface area contributed by atoms with Crippen LogP contribution in [0.2, 0.25) is 5.02 Å². The first-order valence-corrected chi connectivity index (χ1v) is 9.02. The number of benzene rings is 2. The Bertz CT molecular complexity index is 877. The molecule has 0 aliphatic rings. The minimum Gasteiger partial charge on any atom is -0.489 e. The van der Waals surface area contributed by atoms with Gasteiger partial charge in [-0.1, -0.05) is 64.2 Å². The molecule has 8 heteroatoms. The SMILES string of the molecule is CCON=C(C(=O)O)c1ccccc1COc1ccc(C=C(Cl)Cl)c(Cl)c1. The summed E-state index contributed by atoms with van der Waals surface area (Å²) in [5.41, 5.74) is 1.52.